The number of aliphatic hydroxyl groups excluding tert-OH is 1. The summed E-state index contributed by atoms with van der Waals surface area (Å²) < 4.78 is 13.2. The third-order valence-corrected chi connectivity index (χ3v) is 4.80. The van der Waals surface area contributed by atoms with Crippen molar-refractivity contribution in [2.45, 2.75) is 44.8 Å². The fourth-order valence-corrected chi connectivity index (χ4v) is 3.39. The molecule has 140 valence electrons. The number of pyridine rings is 1. The monoisotopic (exact) mass is 352 g/mol. The highest BCUT2D eigenvalue weighted by Crippen LogP contribution is 2.26. The van der Waals surface area contributed by atoms with Crippen LogP contribution in [0.5, 0.6) is 0 Å². The zero-order chi connectivity index (χ0) is 18.4. The first-order chi connectivity index (χ1) is 11.8. The zero-order valence-corrected chi connectivity index (χ0v) is 15.3. The Balaban J connectivity index is 1.79. The van der Waals surface area contributed by atoms with E-state index < -0.39 is 11.9 Å². The number of nitrogens with one attached hydrogen (secondary N) is 2. The van der Waals surface area contributed by atoms with Crippen molar-refractivity contribution in [1.29, 1.82) is 0 Å². The summed E-state index contributed by atoms with van der Waals surface area (Å²) in [6.07, 6.45) is 4.74. The van der Waals surface area contributed by atoms with Gasteiger partial charge in [-0.2, -0.15) is 0 Å². The number of hydrogen-bond donors (Lipinski definition) is 3. The van der Waals surface area contributed by atoms with Crippen molar-refractivity contribution in [2.24, 2.45) is 5.92 Å². The fraction of sp³-hybridized carbons (Fsp3) is 0.667. The highest BCUT2D eigenvalue weighted by molar-refractivity contribution is 5.73. The lowest BCUT2D eigenvalue weighted by molar-refractivity contribution is 0.138. The van der Waals surface area contributed by atoms with E-state index in [1.165, 1.54) is 12.3 Å². The Morgan fingerprint density at radius 1 is 1.44 bits per heavy atom. The molecule has 0 unspecified atom stereocenters. The second kappa shape index (κ2) is 8.58. The van der Waals surface area contributed by atoms with Gasteiger partial charge in [0.15, 0.2) is 0 Å². The van der Waals surface area contributed by atoms with Gasteiger partial charge in [0.1, 0.15) is 5.82 Å². The molecule has 0 aliphatic carbocycles. The van der Waals surface area contributed by atoms with Gasteiger partial charge in [-0.3, -0.25) is 4.98 Å². The molecular weight excluding hydrogens is 323 g/mol. The van der Waals surface area contributed by atoms with Crippen LogP contribution in [0.25, 0.3) is 0 Å². The number of halogens is 1. The largest absolute Gasteiger partial charge is 0.387 e. The topological polar surface area (TPSA) is 77.5 Å². The molecule has 1 aromatic heterocycles. The molecule has 2 heterocycles. The lowest BCUT2D eigenvalue weighted by Gasteiger charge is -2.37. The normalized spacial score (nSPS) is 17.4. The first-order valence-electron chi connectivity index (χ1n) is 8.81. The Morgan fingerprint density at radius 3 is 2.72 bits per heavy atom. The number of hydrogen-bond acceptors (Lipinski definition) is 4. The van der Waals surface area contributed by atoms with Gasteiger partial charge in [-0.25, -0.2) is 9.18 Å². The van der Waals surface area contributed by atoms with Crippen LogP contribution >= 0.6 is 0 Å². The number of aliphatic hydroxyl groups is 1. The molecule has 1 aliphatic heterocycles. The van der Waals surface area contributed by atoms with Gasteiger partial charge in [0.2, 0.25) is 0 Å². The molecule has 1 saturated heterocycles. The molecule has 0 saturated carbocycles. The molecule has 7 heteroatoms. The van der Waals surface area contributed by atoms with Crippen LogP contribution in [-0.2, 0) is 0 Å². The number of amides is 2. The van der Waals surface area contributed by atoms with E-state index in [-0.39, 0.29) is 11.6 Å². The van der Waals surface area contributed by atoms with E-state index in [1.807, 2.05) is 4.90 Å². The van der Waals surface area contributed by atoms with Gasteiger partial charge >= 0.3 is 6.03 Å². The summed E-state index contributed by atoms with van der Waals surface area (Å²) in [7, 11) is 1.65. The molecule has 6 nitrogen and oxygen atoms in total. The molecule has 1 aliphatic rings. The molecule has 0 spiro atoms. The number of piperidine rings is 1. The minimum absolute atomic E-state index is 0.0114. The van der Waals surface area contributed by atoms with Crippen LogP contribution in [0.1, 0.15) is 44.8 Å². The maximum atomic E-state index is 13.2. The predicted molar refractivity (Wildman–Crippen MR) is 94.6 cm³/mol. The van der Waals surface area contributed by atoms with Gasteiger partial charge in [0.25, 0.3) is 0 Å². The van der Waals surface area contributed by atoms with Crippen LogP contribution < -0.4 is 10.6 Å². The van der Waals surface area contributed by atoms with Gasteiger partial charge in [0, 0.05) is 44.0 Å². The highest BCUT2D eigenvalue weighted by atomic mass is 19.1. The number of likely N-dealkylation sites (tertiary alicyclic amines) is 1. The Morgan fingerprint density at radius 2 is 2.12 bits per heavy atom. The average Bonchev–Trinajstić information content (AvgIpc) is 2.59. The summed E-state index contributed by atoms with van der Waals surface area (Å²) in [4.78, 5) is 17.3. The number of carbonyl (C=O) groups excluding carboxylic acids is 1. The van der Waals surface area contributed by atoms with Crippen LogP contribution in [0.3, 0.4) is 0 Å². The van der Waals surface area contributed by atoms with Crippen LogP contribution in [0.2, 0.25) is 0 Å². The summed E-state index contributed by atoms with van der Waals surface area (Å²) >= 11 is 0. The number of β-amino-alcohol motifs (C(OH)–C–C–N with tert-alkyl or cyclic N) is 1. The first kappa shape index (κ1) is 19.6. The number of urea groups is 1. The Hall–Kier alpha value is -1.73. The van der Waals surface area contributed by atoms with E-state index in [2.05, 4.69) is 29.5 Å². The number of aromatic nitrogens is 1. The standard InChI is InChI=1S/C18H29FN4O2/c1-18(2,9-13-4-6-23(7-5-13)17(25)20-3)22-12-16(24)14-8-15(19)11-21-10-14/h8,10-11,13,16,22,24H,4-7,9,12H2,1-3H3,(H,20,25)/t16-/m0/s1. The van der Waals surface area contributed by atoms with Gasteiger partial charge in [0.05, 0.1) is 12.3 Å². The second-order valence-corrected chi connectivity index (χ2v) is 7.41. The van der Waals surface area contributed by atoms with E-state index >= 15 is 0 Å². The third kappa shape index (κ3) is 5.93. The van der Waals surface area contributed by atoms with Crippen LogP contribution in [0.4, 0.5) is 9.18 Å². The molecule has 3 N–H and O–H groups in total. The summed E-state index contributed by atoms with van der Waals surface area (Å²) in [6, 6.07) is 1.29. The Bertz CT molecular complexity index is 574. The van der Waals surface area contributed by atoms with Crippen molar-refractivity contribution in [3.05, 3.63) is 29.8 Å². The molecule has 25 heavy (non-hydrogen) atoms. The molecule has 2 rings (SSSR count). The van der Waals surface area contributed by atoms with Gasteiger partial charge in [-0.05, 0) is 45.1 Å². The van der Waals surface area contributed by atoms with E-state index in [0.29, 0.717) is 18.0 Å². The molecule has 1 aromatic rings. The molecule has 1 atom stereocenters. The maximum Gasteiger partial charge on any atom is 0.317 e. The average molecular weight is 352 g/mol. The lowest BCUT2D eigenvalue weighted by Crippen LogP contribution is -2.47. The van der Waals surface area contributed by atoms with Crippen LogP contribution in [0.15, 0.2) is 18.5 Å². The van der Waals surface area contributed by atoms with E-state index in [9.17, 15) is 14.3 Å². The maximum absolute atomic E-state index is 13.2. The number of nitrogens with zero attached hydrogens (tertiary/aromatic N) is 2. The lowest BCUT2D eigenvalue weighted by atomic mass is 9.84. The van der Waals surface area contributed by atoms with Crippen LogP contribution in [-0.4, -0.2) is 53.2 Å². The van der Waals surface area contributed by atoms with E-state index in [4.69, 9.17) is 0 Å². The smallest absolute Gasteiger partial charge is 0.317 e. The first-order valence-corrected chi connectivity index (χ1v) is 8.81. The zero-order valence-electron chi connectivity index (χ0n) is 15.3. The Labute approximate surface area is 148 Å². The summed E-state index contributed by atoms with van der Waals surface area (Å²) in [6.45, 7) is 6.11. The minimum atomic E-state index is -0.794. The number of rotatable bonds is 6. The molecule has 0 aromatic carbocycles. The van der Waals surface area contributed by atoms with Gasteiger partial charge in [-0.1, -0.05) is 0 Å². The molecule has 1 fully saturated rings. The molecule has 2 amide bonds. The van der Waals surface area contributed by atoms with Crippen molar-refractivity contribution in [3.63, 3.8) is 0 Å². The number of carbonyl (C=O) groups is 1. The second-order valence-electron chi connectivity index (χ2n) is 7.41. The van der Waals surface area contributed by atoms with Crippen molar-refractivity contribution >= 4 is 6.03 Å². The molecule has 0 bridgehead atoms. The van der Waals surface area contributed by atoms with E-state index in [0.717, 1.165) is 38.5 Å². The molecule has 0 radical (unpaired) electrons. The Kier molecular flexibility index (Phi) is 6.72. The SMILES string of the molecule is CNC(=O)N1CCC(CC(C)(C)NC[C@H](O)c2cncc(F)c2)CC1. The quantitative estimate of drug-likeness (QED) is 0.732. The third-order valence-electron chi connectivity index (χ3n) is 4.80. The van der Waals surface area contributed by atoms with Crippen LogP contribution in [0, 0.1) is 11.7 Å². The highest BCUT2D eigenvalue weighted by Gasteiger charge is 2.28. The fourth-order valence-electron chi connectivity index (χ4n) is 3.39. The van der Waals surface area contributed by atoms with E-state index in [1.54, 1.807) is 7.05 Å². The van der Waals surface area contributed by atoms with Crippen molar-refractivity contribution < 1.29 is 14.3 Å². The summed E-state index contributed by atoms with van der Waals surface area (Å²) in [5, 5.41) is 16.3. The van der Waals surface area contributed by atoms with Crippen molar-refractivity contribution in [1.82, 2.24) is 20.5 Å². The predicted octanol–water partition coefficient (Wildman–Crippen LogP) is 2.06. The van der Waals surface area contributed by atoms with Gasteiger partial charge in [-0.15, -0.1) is 0 Å². The van der Waals surface area contributed by atoms with Crippen molar-refractivity contribution in [3.8, 4) is 0 Å². The summed E-state index contributed by atoms with van der Waals surface area (Å²) in [5.74, 6) is 0.0927. The summed E-state index contributed by atoms with van der Waals surface area (Å²) in [5.41, 5.74) is 0.323. The molecular formula is C18H29FN4O2. The van der Waals surface area contributed by atoms with Gasteiger partial charge < -0.3 is 20.6 Å². The minimum Gasteiger partial charge on any atom is -0.387 e. The van der Waals surface area contributed by atoms with Crippen molar-refractivity contribution in [2.75, 3.05) is 26.7 Å².